The van der Waals surface area contributed by atoms with Gasteiger partial charge < -0.3 is 5.32 Å². The molecule has 4 rings (SSSR count). The monoisotopic (exact) mass is 417 g/mol. The quantitative estimate of drug-likeness (QED) is 0.668. The van der Waals surface area contributed by atoms with Crippen LogP contribution in [0.5, 0.6) is 0 Å². The predicted molar refractivity (Wildman–Crippen MR) is 110 cm³/mol. The van der Waals surface area contributed by atoms with Crippen molar-refractivity contribution in [3.8, 4) is 11.3 Å². The maximum Gasteiger partial charge on any atom is 0.240 e. The van der Waals surface area contributed by atoms with E-state index in [0.29, 0.717) is 11.7 Å². The number of nitrogens with one attached hydrogen (secondary N) is 1. The zero-order valence-electron chi connectivity index (χ0n) is 15.2. The van der Waals surface area contributed by atoms with E-state index in [9.17, 15) is 9.18 Å². The fourth-order valence-corrected chi connectivity index (χ4v) is 4.47. The molecule has 9 heteroatoms. The van der Waals surface area contributed by atoms with E-state index < -0.39 is 0 Å². The summed E-state index contributed by atoms with van der Waals surface area (Å²) >= 11 is 3.05. The average Bonchev–Trinajstić information content (AvgIpc) is 3.36. The van der Waals surface area contributed by atoms with Crippen LogP contribution in [-0.2, 0) is 11.3 Å². The molecule has 3 heterocycles. The lowest BCUT2D eigenvalue weighted by Gasteiger charge is -2.33. The van der Waals surface area contributed by atoms with Crippen LogP contribution in [0.25, 0.3) is 11.3 Å². The lowest BCUT2D eigenvalue weighted by Crippen LogP contribution is -2.48. The second kappa shape index (κ2) is 8.87. The molecule has 1 aliphatic heterocycles. The van der Waals surface area contributed by atoms with Crippen LogP contribution in [-0.4, -0.2) is 58.4 Å². The van der Waals surface area contributed by atoms with Crippen molar-refractivity contribution in [3.63, 3.8) is 0 Å². The van der Waals surface area contributed by atoms with E-state index in [1.807, 2.05) is 10.8 Å². The first-order valence-corrected chi connectivity index (χ1v) is 10.8. The lowest BCUT2D eigenvalue weighted by atomic mass is 10.2. The number of nitrogens with zero attached hydrogens (tertiary/aromatic N) is 4. The van der Waals surface area contributed by atoms with Crippen LogP contribution < -0.4 is 5.32 Å². The largest absolute Gasteiger partial charge is 0.301 e. The van der Waals surface area contributed by atoms with E-state index in [4.69, 9.17) is 0 Å². The van der Waals surface area contributed by atoms with E-state index in [1.165, 1.54) is 23.5 Å². The first-order valence-electron chi connectivity index (χ1n) is 9.00. The van der Waals surface area contributed by atoms with Crippen LogP contribution in [0.2, 0.25) is 0 Å². The van der Waals surface area contributed by atoms with Crippen molar-refractivity contribution in [1.29, 1.82) is 0 Å². The maximum atomic E-state index is 13.1. The highest BCUT2D eigenvalue weighted by atomic mass is 32.1. The zero-order chi connectivity index (χ0) is 19.3. The number of carbonyl (C=O) groups is 1. The van der Waals surface area contributed by atoms with Crippen LogP contribution in [0.1, 0.15) is 5.01 Å². The third-order valence-corrected chi connectivity index (χ3v) is 6.08. The summed E-state index contributed by atoms with van der Waals surface area (Å²) in [6.45, 7) is 4.68. The molecule has 1 amide bonds. The molecule has 2 aromatic heterocycles. The van der Waals surface area contributed by atoms with Crippen molar-refractivity contribution in [1.82, 2.24) is 19.8 Å². The first-order chi connectivity index (χ1) is 13.7. The Labute approximate surface area is 170 Å². The highest BCUT2D eigenvalue weighted by Gasteiger charge is 2.20. The van der Waals surface area contributed by atoms with Crippen LogP contribution >= 0.6 is 22.7 Å². The van der Waals surface area contributed by atoms with Gasteiger partial charge in [-0.25, -0.2) is 14.4 Å². The number of amides is 1. The summed E-state index contributed by atoms with van der Waals surface area (Å²) in [5, 5.41) is 8.37. The molecule has 0 bridgehead atoms. The summed E-state index contributed by atoms with van der Waals surface area (Å²) in [5.74, 6) is -0.260. The number of piperazine rings is 1. The van der Waals surface area contributed by atoms with Gasteiger partial charge in [0.25, 0.3) is 0 Å². The van der Waals surface area contributed by atoms with Crippen molar-refractivity contribution in [2.45, 2.75) is 6.54 Å². The van der Waals surface area contributed by atoms with Gasteiger partial charge in [0, 0.05) is 48.7 Å². The van der Waals surface area contributed by atoms with Gasteiger partial charge in [0.15, 0.2) is 5.13 Å². The Balaban J connectivity index is 1.24. The fourth-order valence-electron chi connectivity index (χ4n) is 3.08. The second-order valence-corrected chi connectivity index (χ2v) is 8.41. The number of benzene rings is 1. The number of hydrogen-bond acceptors (Lipinski definition) is 7. The van der Waals surface area contributed by atoms with Gasteiger partial charge in [-0.05, 0) is 24.3 Å². The third-order valence-electron chi connectivity index (χ3n) is 4.56. The summed E-state index contributed by atoms with van der Waals surface area (Å²) in [5.41, 5.74) is 1.82. The minimum Gasteiger partial charge on any atom is -0.301 e. The summed E-state index contributed by atoms with van der Waals surface area (Å²) in [6, 6.07) is 6.42. The van der Waals surface area contributed by atoms with Crippen LogP contribution in [0.4, 0.5) is 9.52 Å². The first kappa shape index (κ1) is 19.1. The van der Waals surface area contributed by atoms with Crippen LogP contribution in [0.3, 0.4) is 0 Å². The molecule has 1 aromatic carbocycles. The van der Waals surface area contributed by atoms with Gasteiger partial charge in [0.1, 0.15) is 10.8 Å². The van der Waals surface area contributed by atoms with Crippen molar-refractivity contribution >= 4 is 33.7 Å². The SMILES string of the molecule is O=C(CN1CCN(Cc2nc(-c3ccc(F)cc3)cs2)CC1)Nc1nccs1. The molecule has 1 saturated heterocycles. The number of hydrogen-bond donors (Lipinski definition) is 1. The Kier molecular flexibility index (Phi) is 6.06. The minimum absolute atomic E-state index is 0.0211. The molecule has 3 aromatic rings. The maximum absolute atomic E-state index is 13.1. The van der Waals surface area contributed by atoms with Crippen molar-refractivity contribution in [2.24, 2.45) is 0 Å². The number of anilines is 1. The highest BCUT2D eigenvalue weighted by molar-refractivity contribution is 7.13. The van der Waals surface area contributed by atoms with Gasteiger partial charge in [-0.3, -0.25) is 14.6 Å². The summed E-state index contributed by atoms with van der Waals surface area (Å²) < 4.78 is 13.1. The van der Waals surface area contributed by atoms with Gasteiger partial charge in [-0.1, -0.05) is 0 Å². The van der Waals surface area contributed by atoms with Crippen molar-refractivity contribution in [2.75, 3.05) is 38.0 Å². The van der Waals surface area contributed by atoms with Crippen molar-refractivity contribution in [3.05, 3.63) is 52.0 Å². The lowest BCUT2D eigenvalue weighted by molar-refractivity contribution is -0.117. The smallest absolute Gasteiger partial charge is 0.240 e. The fraction of sp³-hybridized carbons (Fsp3) is 0.316. The third kappa shape index (κ3) is 4.99. The average molecular weight is 418 g/mol. The Hall–Kier alpha value is -2.20. The van der Waals surface area contributed by atoms with E-state index in [2.05, 4.69) is 25.1 Å². The zero-order valence-corrected chi connectivity index (χ0v) is 16.8. The van der Waals surface area contributed by atoms with E-state index in [1.54, 1.807) is 29.7 Å². The van der Waals surface area contributed by atoms with E-state index in [-0.39, 0.29) is 11.7 Å². The molecule has 146 valence electrons. The molecule has 1 N–H and O–H groups in total. The molecule has 0 atom stereocenters. The highest BCUT2D eigenvalue weighted by Crippen LogP contribution is 2.23. The molecule has 6 nitrogen and oxygen atoms in total. The number of aromatic nitrogens is 2. The van der Waals surface area contributed by atoms with Gasteiger partial charge >= 0.3 is 0 Å². The van der Waals surface area contributed by atoms with Gasteiger partial charge in [-0.15, -0.1) is 22.7 Å². The van der Waals surface area contributed by atoms with E-state index in [0.717, 1.165) is 49.0 Å². The van der Waals surface area contributed by atoms with Crippen LogP contribution in [0.15, 0.2) is 41.2 Å². The molecule has 0 radical (unpaired) electrons. The Morgan fingerprint density at radius 2 is 1.86 bits per heavy atom. The predicted octanol–water partition coefficient (Wildman–Crippen LogP) is 3.16. The molecule has 0 unspecified atom stereocenters. The number of rotatable bonds is 6. The van der Waals surface area contributed by atoms with E-state index >= 15 is 0 Å². The summed E-state index contributed by atoms with van der Waals surface area (Å²) in [6.07, 6.45) is 1.68. The molecule has 0 saturated carbocycles. The number of carbonyl (C=O) groups excluding carboxylic acids is 1. The molecule has 0 aliphatic carbocycles. The number of halogens is 1. The molecule has 1 aliphatic rings. The Morgan fingerprint density at radius 1 is 1.11 bits per heavy atom. The summed E-state index contributed by atoms with van der Waals surface area (Å²) in [4.78, 5) is 25.3. The molecule has 0 spiro atoms. The molecule has 28 heavy (non-hydrogen) atoms. The summed E-state index contributed by atoms with van der Waals surface area (Å²) in [7, 11) is 0. The topological polar surface area (TPSA) is 61.4 Å². The second-order valence-electron chi connectivity index (χ2n) is 6.57. The molecule has 1 fully saturated rings. The normalized spacial score (nSPS) is 15.6. The minimum atomic E-state index is -0.239. The Morgan fingerprint density at radius 3 is 2.57 bits per heavy atom. The molecular weight excluding hydrogens is 397 g/mol. The standard InChI is InChI=1S/C19H20FN5OS2/c20-15-3-1-14(2-4-15)16-13-28-18(22-16)12-25-8-6-24(7-9-25)11-17(26)23-19-21-5-10-27-19/h1-5,10,13H,6-9,11-12H2,(H,21,23,26). The van der Waals surface area contributed by atoms with Crippen molar-refractivity contribution < 1.29 is 9.18 Å². The van der Waals surface area contributed by atoms with Crippen LogP contribution in [0, 0.1) is 5.82 Å². The Bertz CT molecular complexity index is 905. The molecular formula is C19H20FN5OS2. The number of thiazole rings is 2. The van der Waals surface area contributed by atoms with Gasteiger partial charge in [-0.2, -0.15) is 0 Å². The van der Waals surface area contributed by atoms with Gasteiger partial charge in [0.2, 0.25) is 5.91 Å². The van der Waals surface area contributed by atoms with Gasteiger partial charge in [0.05, 0.1) is 18.8 Å².